The Balaban J connectivity index is 1.34. The number of fused-ring (bicyclic) bond motifs is 1. The van der Waals surface area contributed by atoms with Crippen LogP contribution in [0.2, 0.25) is 0 Å². The van der Waals surface area contributed by atoms with E-state index >= 15 is 0 Å². The molecule has 0 bridgehead atoms. The lowest BCUT2D eigenvalue weighted by molar-refractivity contribution is -0.135. The molecule has 5 heteroatoms. The number of thiazole rings is 1. The number of piperazine rings is 1. The number of benzene rings is 1. The highest BCUT2D eigenvalue weighted by Gasteiger charge is 2.61. The van der Waals surface area contributed by atoms with Crippen molar-refractivity contribution < 1.29 is 4.79 Å². The normalized spacial score (nSPS) is 24.8. The molecule has 1 amide bonds. The average molecular weight is 384 g/mol. The van der Waals surface area contributed by atoms with Crippen molar-refractivity contribution in [3.63, 3.8) is 0 Å². The molecular formula is C22H29N3OS. The molecule has 2 atom stereocenters. The topological polar surface area (TPSA) is 36.4 Å². The highest BCUT2D eigenvalue weighted by molar-refractivity contribution is 7.18. The quantitative estimate of drug-likeness (QED) is 0.743. The van der Waals surface area contributed by atoms with E-state index in [4.69, 9.17) is 4.98 Å². The molecule has 2 heterocycles. The summed E-state index contributed by atoms with van der Waals surface area (Å²) < 4.78 is 1.25. The van der Waals surface area contributed by atoms with Crippen molar-refractivity contribution in [2.45, 2.75) is 34.2 Å². The van der Waals surface area contributed by atoms with Gasteiger partial charge in [0.05, 0.1) is 22.7 Å². The molecule has 0 radical (unpaired) electrons. The van der Waals surface area contributed by atoms with E-state index in [1.54, 1.807) is 11.3 Å². The number of carbonyl (C=O) groups is 1. The van der Waals surface area contributed by atoms with Gasteiger partial charge in [0.2, 0.25) is 5.91 Å². The number of para-hydroxylation sites is 1. The number of allylic oxidation sites excluding steroid dienone is 2. The minimum atomic E-state index is 0.104. The Hall–Kier alpha value is -1.72. The van der Waals surface area contributed by atoms with Crippen LogP contribution in [0.4, 0.5) is 0 Å². The van der Waals surface area contributed by atoms with E-state index in [2.05, 4.69) is 61.8 Å². The van der Waals surface area contributed by atoms with Crippen molar-refractivity contribution in [1.82, 2.24) is 14.8 Å². The first-order valence-corrected chi connectivity index (χ1v) is 10.7. The molecule has 2 aliphatic rings. The van der Waals surface area contributed by atoms with Gasteiger partial charge in [-0.2, -0.15) is 0 Å². The molecule has 2 fully saturated rings. The van der Waals surface area contributed by atoms with Gasteiger partial charge >= 0.3 is 0 Å². The molecule has 1 aliphatic heterocycles. The van der Waals surface area contributed by atoms with Crippen LogP contribution < -0.4 is 0 Å². The zero-order valence-electron chi connectivity index (χ0n) is 16.7. The van der Waals surface area contributed by atoms with Gasteiger partial charge in [0.1, 0.15) is 5.01 Å². The third-order valence-electron chi connectivity index (χ3n) is 6.07. The standard InChI is InChI=1S/C22H29N3OS/c1-15(2)13-16-20(22(16,3)4)21(26)25-11-9-24(10-12-25)14-19-23-17-7-5-6-8-18(17)27-19/h5-8,13,16,20H,9-12,14H2,1-4H3. The van der Waals surface area contributed by atoms with E-state index < -0.39 is 0 Å². The number of rotatable bonds is 4. The van der Waals surface area contributed by atoms with E-state index in [0.717, 1.165) is 38.2 Å². The largest absolute Gasteiger partial charge is 0.340 e. The van der Waals surface area contributed by atoms with E-state index in [1.807, 2.05) is 6.07 Å². The summed E-state index contributed by atoms with van der Waals surface area (Å²) in [4.78, 5) is 22.3. The lowest BCUT2D eigenvalue weighted by Crippen LogP contribution is -2.49. The first-order valence-electron chi connectivity index (χ1n) is 9.87. The van der Waals surface area contributed by atoms with Gasteiger partial charge in [-0.1, -0.05) is 37.6 Å². The van der Waals surface area contributed by atoms with Crippen molar-refractivity contribution >= 4 is 27.5 Å². The van der Waals surface area contributed by atoms with Gasteiger partial charge in [0.25, 0.3) is 0 Å². The van der Waals surface area contributed by atoms with Gasteiger partial charge in [0, 0.05) is 26.2 Å². The van der Waals surface area contributed by atoms with Crippen molar-refractivity contribution in [2.75, 3.05) is 26.2 Å². The fraction of sp³-hybridized carbons (Fsp3) is 0.545. The smallest absolute Gasteiger partial charge is 0.226 e. The molecule has 1 aromatic carbocycles. The number of aromatic nitrogens is 1. The number of nitrogens with zero attached hydrogens (tertiary/aromatic N) is 3. The third kappa shape index (κ3) is 3.67. The molecule has 4 nitrogen and oxygen atoms in total. The SMILES string of the molecule is CC(C)=CC1C(C(=O)N2CCN(Cc3nc4ccccc4s3)CC2)C1(C)C. The number of carbonyl (C=O) groups excluding carboxylic acids is 1. The Morgan fingerprint density at radius 1 is 1.22 bits per heavy atom. The summed E-state index contributed by atoms with van der Waals surface area (Å²) in [6.45, 7) is 13.1. The van der Waals surface area contributed by atoms with Crippen LogP contribution in [0, 0.1) is 17.3 Å². The predicted molar refractivity (Wildman–Crippen MR) is 112 cm³/mol. The number of hydrogen-bond acceptors (Lipinski definition) is 4. The van der Waals surface area contributed by atoms with Crippen LogP contribution in [0.15, 0.2) is 35.9 Å². The monoisotopic (exact) mass is 383 g/mol. The molecule has 27 heavy (non-hydrogen) atoms. The first-order chi connectivity index (χ1) is 12.9. The molecular weight excluding hydrogens is 354 g/mol. The molecule has 0 spiro atoms. The molecule has 1 aliphatic carbocycles. The average Bonchev–Trinajstić information content (AvgIpc) is 2.97. The van der Waals surface area contributed by atoms with Crippen LogP contribution in [0.3, 0.4) is 0 Å². The zero-order chi connectivity index (χ0) is 19.2. The lowest BCUT2D eigenvalue weighted by Gasteiger charge is -2.34. The molecule has 0 N–H and O–H groups in total. The second kappa shape index (κ2) is 7.02. The third-order valence-corrected chi connectivity index (χ3v) is 7.09. The second-order valence-corrected chi connectivity index (χ2v) is 9.86. The maximum Gasteiger partial charge on any atom is 0.226 e. The van der Waals surface area contributed by atoms with E-state index in [-0.39, 0.29) is 11.3 Å². The van der Waals surface area contributed by atoms with Gasteiger partial charge in [-0.3, -0.25) is 9.69 Å². The maximum absolute atomic E-state index is 13.0. The zero-order valence-corrected chi connectivity index (χ0v) is 17.6. The molecule has 4 rings (SSSR count). The summed E-state index contributed by atoms with van der Waals surface area (Å²) >= 11 is 1.78. The first kappa shape index (κ1) is 18.6. The number of amides is 1. The van der Waals surface area contributed by atoms with Gasteiger partial charge < -0.3 is 4.90 Å². The Bertz CT molecular complexity index is 840. The summed E-state index contributed by atoms with van der Waals surface area (Å²) in [6.07, 6.45) is 2.28. The minimum absolute atomic E-state index is 0.104. The summed E-state index contributed by atoms with van der Waals surface area (Å²) in [5.74, 6) is 0.904. The molecule has 1 saturated carbocycles. The Kier molecular flexibility index (Phi) is 4.85. The van der Waals surface area contributed by atoms with Gasteiger partial charge in [-0.25, -0.2) is 4.98 Å². The second-order valence-electron chi connectivity index (χ2n) is 8.75. The van der Waals surface area contributed by atoms with Gasteiger partial charge in [0.15, 0.2) is 0 Å². The lowest BCUT2D eigenvalue weighted by atomic mass is 10.1. The molecule has 2 unspecified atom stereocenters. The molecule has 144 valence electrons. The Labute approximate surface area is 165 Å². The van der Waals surface area contributed by atoms with Crippen LogP contribution in [-0.2, 0) is 11.3 Å². The minimum Gasteiger partial charge on any atom is -0.340 e. The predicted octanol–water partition coefficient (Wildman–Crippen LogP) is 4.18. The highest BCUT2D eigenvalue weighted by atomic mass is 32.1. The Morgan fingerprint density at radius 2 is 1.93 bits per heavy atom. The van der Waals surface area contributed by atoms with E-state index in [9.17, 15) is 4.79 Å². The molecule has 2 aromatic rings. The van der Waals surface area contributed by atoms with Crippen molar-refractivity contribution in [3.8, 4) is 0 Å². The van der Waals surface area contributed by atoms with Crippen molar-refractivity contribution in [3.05, 3.63) is 40.9 Å². The van der Waals surface area contributed by atoms with Crippen molar-refractivity contribution in [2.24, 2.45) is 17.3 Å². The fourth-order valence-electron chi connectivity index (χ4n) is 4.32. The fourth-order valence-corrected chi connectivity index (χ4v) is 5.33. The van der Waals surface area contributed by atoms with Crippen LogP contribution in [0.1, 0.15) is 32.7 Å². The van der Waals surface area contributed by atoms with Crippen LogP contribution >= 0.6 is 11.3 Å². The van der Waals surface area contributed by atoms with Crippen molar-refractivity contribution in [1.29, 1.82) is 0 Å². The van der Waals surface area contributed by atoms with Crippen LogP contribution in [0.5, 0.6) is 0 Å². The van der Waals surface area contributed by atoms with E-state index in [0.29, 0.717) is 11.8 Å². The highest BCUT2D eigenvalue weighted by Crippen LogP contribution is 2.60. The maximum atomic E-state index is 13.0. The number of hydrogen-bond donors (Lipinski definition) is 0. The molecule has 1 saturated heterocycles. The summed E-state index contributed by atoms with van der Waals surface area (Å²) in [7, 11) is 0. The summed E-state index contributed by atoms with van der Waals surface area (Å²) in [6, 6.07) is 8.31. The summed E-state index contributed by atoms with van der Waals surface area (Å²) in [5.41, 5.74) is 2.50. The van der Waals surface area contributed by atoms with E-state index in [1.165, 1.54) is 15.3 Å². The van der Waals surface area contributed by atoms with Crippen LogP contribution in [0.25, 0.3) is 10.2 Å². The van der Waals surface area contributed by atoms with Gasteiger partial charge in [-0.05, 0) is 37.3 Å². The Morgan fingerprint density at radius 3 is 2.59 bits per heavy atom. The van der Waals surface area contributed by atoms with Gasteiger partial charge in [-0.15, -0.1) is 11.3 Å². The molecule has 1 aromatic heterocycles. The summed E-state index contributed by atoms with van der Waals surface area (Å²) in [5, 5.41) is 1.17. The van der Waals surface area contributed by atoms with Crippen LogP contribution in [-0.4, -0.2) is 46.9 Å².